The van der Waals surface area contributed by atoms with E-state index in [1.807, 2.05) is 0 Å². The summed E-state index contributed by atoms with van der Waals surface area (Å²) in [6.45, 7) is 12.0. The predicted molar refractivity (Wildman–Crippen MR) is 79.7 cm³/mol. The molecule has 2 atom stereocenters. The zero-order valence-corrected chi connectivity index (χ0v) is 12.5. The van der Waals surface area contributed by atoms with Gasteiger partial charge in [-0.1, -0.05) is 43.7 Å². The van der Waals surface area contributed by atoms with Gasteiger partial charge in [-0.3, -0.25) is 4.90 Å². The molecule has 102 valence electrons. The van der Waals surface area contributed by atoms with E-state index in [0.29, 0.717) is 12.1 Å². The fourth-order valence-corrected chi connectivity index (χ4v) is 2.55. The highest BCUT2D eigenvalue weighted by Gasteiger charge is 2.26. The highest BCUT2D eigenvalue weighted by atomic mass is 15.2. The highest BCUT2D eigenvalue weighted by Crippen LogP contribution is 2.27. The Balaban J connectivity index is 3.07. The summed E-state index contributed by atoms with van der Waals surface area (Å²) in [6, 6.07) is 9.83. The Morgan fingerprint density at radius 2 is 1.67 bits per heavy atom. The molecule has 2 unspecified atom stereocenters. The number of nitrogens with zero attached hydrogens (tertiary/aromatic N) is 1. The van der Waals surface area contributed by atoms with Gasteiger partial charge in [0.1, 0.15) is 0 Å². The lowest BCUT2D eigenvalue weighted by molar-refractivity contribution is 0.138. The summed E-state index contributed by atoms with van der Waals surface area (Å²) < 4.78 is 0. The van der Waals surface area contributed by atoms with Crippen LogP contribution in [0.4, 0.5) is 0 Å². The summed E-state index contributed by atoms with van der Waals surface area (Å²) in [5.74, 6) is 0. The minimum absolute atomic E-state index is 0.190. The SMILES string of the molecule is CCC(N)C(c1ccc(C)cc1)N(CC)C(C)C. The van der Waals surface area contributed by atoms with E-state index in [1.54, 1.807) is 0 Å². The molecule has 2 N–H and O–H groups in total. The standard InChI is InChI=1S/C16H28N2/c1-6-15(17)16(18(7-2)12(3)4)14-10-8-13(5)9-11-14/h8-12,15-16H,6-7,17H2,1-5H3. The summed E-state index contributed by atoms with van der Waals surface area (Å²) in [5, 5.41) is 0. The number of rotatable bonds is 6. The van der Waals surface area contributed by atoms with Crippen molar-refractivity contribution in [2.75, 3.05) is 6.54 Å². The van der Waals surface area contributed by atoms with Crippen LogP contribution >= 0.6 is 0 Å². The maximum Gasteiger partial charge on any atom is 0.0501 e. The van der Waals surface area contributed by atoms with Crippen LogP contribution in [0.5, 0.6) is 0 Å². The third kappa shape index (κ3) is 3.56. The lowest BCUT2D eigenvalue weighted by Crippen LogP contribution is -2.44. The molecule has 0 saturated carbocycles. The van der Waals surface area contributed by atoms with E-state index < -0.39 is 0 Å². The molecule has 0 aliphatic carbocycles. The van der Waals surface area contributed by atoms with Crippen LogP contribution in [0.1, 0.15) is 51.3 Å². The normalized spacial score (nSPS) is 15.1. The summed E-state index contributed by atoms with van der Waals surface area (Å²) in [4.78, 5) is 2.48. The van der Waals surface area contributed by atoms with Gasteiger partial charge in [0.15, 0.2) is 0 Å². The summed E-state index contributed by atoms with van der Waals surface area (Å²) in [5.41, 5.74) is 9.00. The van der Waals surface area contributed by atoms with Gasteiger partial charge in [0.2, 0.25) is 0 Å². The van der Waals surface area contributed by atoms with E-state index in [2.05, 4.69) is 63.8 Å². The van der Waals surface area contributed by atoms with Crippen LogP contribution < -0.4 is 5.73 Å². The average molecular weight is 248 g/mol. The maximum absolute atomic E-state index is 6.36. The number of aryl methyl sites for hydroxylation is 1. The molecule has 0 aromatic heterocycles. The van der Waals surface area contributed by atoms with Crippen LogP contribution in [0.25, 0.3) is 0 Å². The lowest BCUT2D eigenvalue weighted by atomic mass is 9.94. The molecule has 0 radical (unpaired) electrons. The molecule has 0 aliphatic heterocycles. The van der Waals surface area contributed by atoms with Crippen LogP contribution in [0.3, 0.4) is 0 Å². The molecule has 0 aliphatic rings. The van der Waals surface area contributed by atoms with E-state index in [1.165, 1.54) is 11.1 Å². The van der Waals surface area contributed by atoms with Gasteiger partial charge in [-0.15, -0.1) is 0 Å². The number of likely N-dealkylation sites (N-methyl/N-ethyl adjacent to an activating group) is 1. The van der Waals surface area contributed by atoms with E-state index in [-0.39, 0.29) is 6.04 Å². The molecule has 1 aromatic rings. The monoisotopic (exact) mass is 248 g/mol. The molecule has 0 amide bonds. The van der Waals surface area contributed by atoms with E-state index in [4.69, 9.17) is 5.73 Å². The van der Waals surface area contributed by atoms with E-state index in [9.17, 15) is 0 Å². The van der Waals surface area contributed by atoms with Gasteiger partial charge in [0, 0.05) is 12.1 Å². The minimum atomic E-state index is 0.190. The molecule has 0 spiro atoms. The van der Waals surface area contributed by atoms with Gasteiger partial charge >= 0.3 is 0 Å². The van der Waals surface area contributed by atoms with Crippen molar-refractivity contribution in [1.82, 2.24) is 4.90 Å². The van der Waals surface area contributed by atoms with Crippen molar-refractivity contribution in [2.45, 2.75) is 59.2 Å². The zero-order chi connectivity index (χ0) is 13.7. The van der Waals surface area contributed by atoms with Crippen LogP contribution in [0.2, 0.25) is 0 Å². The Labute approximate surface area is 112 Å². The van der Waals surface area contributed by atoms with Gasteiger partial charge in [-0.2, -0.15) is 0 Å². The number of hydrogen-bond donors (Lipinski definition) is 1. The van der Waals surface area contributed by atoms with Gasteiger partial charge in [0.25, 0.3) is 0 Å². The quantitative estimate of drug-likeness (QED) is 0.835. The Kier molecular flexibility index (Phi) is 5.83. The average Bonchev–Trinajstić information content (AvgIpc) is 2.36. The van der Waals surface area contributed by atoms with Crippen LogP contribution in [-0.4, -0.2) is 23.5 Å². The maximum atomic E-state index is 6.36. The molecule has 2 heteroatoms. The van der Waals surface area contributed by atoms with Gasteiger partial charge in [-0.05, 0) is 39.3 Å². The first kappa shape index (κ1) is 15.2. The first-order chi connectivity index (χ1) is 8.51. The topological polar surface area (TPSA) is 29.3 Å². The van der Waals surface area contributed by atoms with Crippen molar-refractivity contribution >= 4 is 0 Å². The molecule has 1 aromatic carbocycles. The highest BCUT2D eigenvalue weighted by molar-refractivity contribution is 5.25. The van der Waals surface area contributed by atoms with Crippen molar-refractivity contribution in [3.63, 3.8) is 0 Å². The predicted octanol–water partition coefficient (Wildman–Crippen LogP) is 3.50. The van der Waals surface area contributed by atoms with E-state index >= 15 is 0 Å². The summed E-state index contributed by atoms with van der Waals surface area (Å²) in [6.07, 6.45) is 1.00. The first-order valence-corrected chi connectivity index (χ1v) is 7.09. The lowest BCUT2D eigenvalue weighted by Gasteiger charge is -2.37. The molecule has 0 bridgehead atoms. The molecular weight excluding hydrogens is 220 g/mol. The summed E-state index contributed by atoms with van der Waals surface area (Å²) >= 11 is 0. The van der Waals surface area contributed by atoms with Crippen molar-refractivity contribution in [3.8, 4) is 0 Å². The largest absolute Gasteiger partial charge is 0.326 e. The third-order valence-electron chi connectivity index (χ3n) is 3.68. The van der Waals surface area contributed by atoms with Crippen LogP contribution in [0.15, 0.2) is 24.3 Å². The van der Waals surface area contributed by atoms with E-state index in [0.717, 1.165) is 13.0 Å². The number of hydrogen-bond acceptors (Lipinski definition) is 2. The molecule has 0 saturated heterocycles. The van der Waals surface area contributed by atoms with Crippen molar-refractivity contribution in [3.05, 3.63) is 35.4 Å². The molecule has 0 heterocycles. The Hall–Kier alpha value is -0.860. The Morgan fingerprint density at radius 1 is 1.11 bits per heavy atom. The third-order valence-corrected chi connectivity index (χ3v) is 3.68. The first-order valence-electron chi connectivity index (χ1n) is 7.09. The second kappa shape index (κ2) is 6.91. The molecule has 1 rings (SSSR count). The van der Waals surface area contributed by atoms with Gasteiger partial charge in [-0.25, -0.2) is 0 Å². The second-order valence-electron chi connectivity index (χ2n) is 5.35. The fraction of sp³-hybridized carbons (Fsp3) is 0.625. The molecule has 18 heavy (non-hydrogen) atoms. The van der Waals surface area contributed by atoms with Crippen molar-refractivity contribution in [2.24, 2.45) is 5.73 Å². The van der Waals surface area contributed by atoms with Gasteiger partial charge in [0.05, 0.1) is 6.04 Å². The Bertz CT molecular complexity index is 343. The molecule has 2 nitrogen and oxygen atoms in total. The Morgan fingerprint density at radius 3 is 2.06 bits per heavy atom. The minimum Gasteiger partial charge on any atom is -0.326 e. The van der Waals surface area contributed by atoms with Crippen molar-refractivity contribution in [1.29, 1.82) is 0 Å². The second-order valence-corrected chi connectivity index (χ2v) is 5.35. The zero-order valence-electron chi connectivity index (χ0n) is 12.5. The van der Waals surface area contributed by atoms with Crippen molar-refractivity contribution < 1.29 is 0 Å². The smallest absolute Gasteiger partial charge is 0.0501 e. The fourth-order valence-electron chi connectivity index (χ4n) is 2.55. The number of nitrogens with two attached hydrogens (primary N) is 1. The summed E-state index contributed by atoms with van der Waals surface area (Å²) in [7, 11) is 0. The van der Waals surface area contributed by atoms with Crippen LogP contribution in [-0.2, 0) is 0 Å². The van der Waals surface area contributed by atoms with Gasteiger partial charge < -0.3 is 5.73 Å². The van der Waals surface area contributed by atoms with Crippen LogP contribution in [0, 0.1) is 6.92 Å². The molecule has 0 fully saturated rings. The molecular formula is C16H28N2. The number of benzene rings is 1.